The van der Waals surface area contributed by atoms with Crippen molar-refractivity contribution in [2.24, 2.45) is 0 Å². The Morgan fingerprint density at radius 3 is 2.52 bits per heavy atom. The highest BCUT2D eigenvalue weighted by Crippen LogP contribution is 2.32. The van der Waals surface area contributed by atoms with Crippen molar-refractivity contribution in [1.82, 2.24) is 15.5 Å². The number of hydrogen-bond donors (Lipinski definition) is 1. The molecule has 3 rings (SSSR count). The molecule has 0 spiro atoms. The van der Waals surface area contributed by atoms with Gasteiger partial charge in [0.2, 0.25) is 17.6 Å². The van der Waals surface area contributed by atoms with Crippen LogP contribution >= 0.6 is 0 Å². The third kappa shape index (κ3) is 5.59. The number of aryl methyl sites for hydroxylation is 2. The van der Waals surface area contributed by atoms with Gasteiger partial charge in [0.15, 0.2) is 11.5 Å². The van der Waals surface area contributed by atoms with Gasteiger partial charge in [0, 0.05) is 18.4 Å². The second kappa shape index (κ2) is 10.1. The van der Waals surface area contributed by atoms with Gasteiger partial charge in [-0.15, -0.1) is 0 Å². The zero-order valence-corrected chi connectivity index (χ0v) is 18.1. The monoisotopic (exact) mass is 427 g/mol. The molecule has 7 nitrogen and oxygen atoms in total. The summed E-state index contributed by atoms with van der Waals surface area (Å²) < 4.78 is 28.9. The lowest BCUT2D eigenvalue weighted by molar-refractivity contribution is -0.121. The maximum absolute atomic E-state index is 13.0. The standard InChI is InChI=1S/C23H26FN3O4/c1-14-12-19(29-3)20(30-4)13-18(14)15(2)25-21(28)6-5-7-22-26-23(27-31-22)16-8-10-17(24)11-9-16/h8-13,15H,5-7H2,1-4H3,(H,25,28). The van der Waals surface area contributed by atoms with Crippen molar-refractivity contribution < 1.29 is 23.2 Å². The molecule has 31 heavy (non-hydrogen) atoms. The number of methoxy groups -OCH3 is 2. The van der Waals surface area contributed by atoms with Crippen molar-refractivity contribution >= 4 is 5.91 Å². The van der Waals surface area contributed by atoms with Crippen LogP contribution < -0.4 is 14.8 Å². The van der Waals surface area contributed by atoms with Crippen LogP contribution in [-0.4, -0.2) is 30.3 Å². The number of rotatable bonds is 9. The minimum absolute atomic E-state index is 0.0695. The topological polar surface area (TPSA) is 86.5 Å². The van der Waals surface area contributed by atoms with Gasteiger partial charge in [-0.05, 0) is 67.8 Å². The first-order valence-corrected chi connectivity index (χ1v) is 10.0. The summed E-state index contributed by atoms with van der Waals surface area (Å²) in [6, 6.07) is 9.47. The van der Waals surface area contributed by atoms with Crippen molar-refractivity contribution in [3.05, 3.63) is 59.2 Å². The smallest absolute Gasteiger partial charge is 0.226 e. The van der Waals surface area contributed by atoms with Gasteiger partial charge in [-0.25, -0.2) is 4.39 Å². The molecule has 0 aliphatic heterocycles. The number of amides is 1. The van der Waals surface area contributed by atoms with Crippen molar-refractivity contribution in [1.29, 1.82) is 0 Å². The van der Waals surface area contributed by atoms with Gasteiger partial charge in [0.1, 0.15) is 5.82 Å². The summed E-state index contributed by atoms with van der Waals surface area (Å²) in [6.07, 6.45) is 1.37. The predicted octanol–water partition coefficient (Wildman–Crippen LogP) is 4.40. The minimum Gasteiger partial charge on any atom is -0.493 e. The van der Waals surface area contributed by atoms with Crippen molar-refractivity contribution in [3.8, 4) is 22.9 Å². The molecule has 0 aliphatic rings. The molecule has 2 aromatic carbocycles. The Balaban J connectivity index is 1.52. The molecule has 8 heteroatoms. The average Bonchev–Trinajstić information content (AvgIpc) is 3.22. The lowest BCUT2D eigenvalue weighted by Crippen LogP contribution is -2.27. The van der Waals surface area contributed by atoms with Crippen molar-refractivity contribution in [2.75, 3.05) is 14.2 Å². The van der Waals surface area contributed by atoms with Gasteiger partial charge < -0.3 is 19.3 Å². The molecule has 1 aromatic heterocycles. The Kier molecular flexibility index (Phi) is 7.23. The van der Waals surface area contributed by atoms with E-state index in [9.17, 15) is 9.18 Å². The van der Waals surface area contributed by atoms with Crippen LogP contribution in [0.5, 0.6) is 11.5 Å². The Morgan fingerprint density at radius 1 is 1.16 bits per heavy atom. The number of benzene rings is 2. The van der Waals surface area contributed by atoms with Crippen LogP contribution in [0.4, 0.5) is 4.39 Å². The summed E-state index contributed by atoms with van der Waals surface area (Å²) in [7, 11) is 3.17. The highest BCUT2D eigenvalue weighted by atomic mass is 19.1. The number of hydrogen-bond acceptors (Lipinski definition) is 6. The van der Waals surface area contributed by atoms with Crippen LogP contribution in [0.15, 0.2) is 40.9 Å². The number of aromatic nitrogens is 2. The Bertz CT molecular complexity index is 1030. The van der Waals surface area contributed by atoms with Crippen LogP contribution in [0.25, 0.3) is 11.4 Å². The maximum atomic E-state index is 13.0. The van der Waals surface area contributed by atoms with Crippen LogP contribution in [0, 0.1) is 12.7 Å². The van der Waals surface area contributed by atoms with E-state index < -0.39 is 0 Å². The van der Waals surface area contributed by atoms with E-state index in [0.29, 0.717) is 48.0 Å². The Hall–Kier alpha value is -3.42. The van der Waals surface area contributed by atoms with Gasteiger partial charge in [-0.2, -0.15) is 4.98 Å². The van der Waals surface area contributed by atoms with Crippen molar-refractivity contribution in [3.63, 3.8) is 0 Å². The van der Waals surface area contributed by atoms with Crippen LogP contribution in [0.3, 0.4) is 0 Å². The normalized spacial score (nSPS) is 11.8. The molecule has 0 bridgehead atoms. The third-order valence-electron chi connectivity index (χ3n) is 4.98. The molecule has 1 unspecified atom stereocenters. The lowest BCUT2D eigenvalue weighted by atomic mass is 10.0. The lowest BCUT2D eigenvalue weighted by Gasteiger charge is -2.19. The first-order chi connectivity index (χ1) is 14.9. The van der Waals surface area contributed by atoms with Gasteiger partial charge in [-0.3, -0.25) is 4.79 Å². The van der Waals surface area contributed by atoms with E-state index in [4.69, 9.17) is 14.0 Å². The van der Waals surface area contributed by atoms with Gasteiger partial charge in [0.05, 0.1) is 20.3 Å². The molecular weight excluding hydrogens is 401 g/mol. The van der Waals surface area contributed by atoms with Gasteiger partial charge >= 0.3 is 0 Å². The number of nitrogens with zero attached hydrogens (tertiary/aromatic N) is 2. The Labute approximate surface area is 180 Å². The second-order valence-corrected chi connectivity index (χ2v) is 7.23. The number of ether oxygens (including phenoxy) is 2. The zero-order valence-electron chi connectivity index (χ0n) is 18.1. The molecule has 0 saturated carbocycles. The molecule has 1 heterocycles. The fourth-order valence-corrected chi connectivity index (χ4v) is 3.33. The van der Waals surface area contributed by atoms with E-state index >= 15 is 0 Å². The summed E-state index contributed by atoms with van der Waals surface area (Å²) in [5.74, 6) is 1.73. The molecule has 164 valence electrons. The van der Waals surface area contributed by atoms with E-state index in [1.54, 1.807) is 26.4 Å². The first kappa shape index (κ1) is 22.3. The minimum atomic E-state index is -0.323. The Morgan fingerprint density at radius 2 is 1.84 bits per heavy atom. The van der Waals surface area contributed by atoms with Gasteiger partial charge in [0.25, 0.3) is 0 Å². The molecule has 0 aliphatic carbocycles. The zero-order chi connectivity index (χ0) is 22.4. The molecule has 0 saturated heterocycles. The fraction of sp³-hybridized carbons (Fsp3) is 0.348. The van der Waals surface area contributed by atoms with Crippen molar-refractivity contribution in [2.45, 2.75) is 39.2 Å². The van der Waals surface area contributed by atoms with Gasteiger partial charge in [-0.1, -0.05) is 5.16 Å². The highest BCUT2D eigenvalue weighted by molar-refractivity contribution is 5.76. The van der Waals surface area contributed by atoms with E-state index in [2.05, 4.69) is 15.5 Å². The maximum Gasteiger partial charge on any atom is 0.226 e. The SMILES string of the molecule is COc1cc(C)c(C(C)NC(=O)CCCc2nc(-c3ccc(F)cc3)no2)cc1OC. The van der Waals surface area contributed by atoms with Crippen LogP contribution in [0.2, 0.25) is 0 Å². The number of carbonyl (C=O) groups excluding carboxylic acids is 1. The molecular formula is C23H26FN3O4. The molecule has 1 amide bonds. The molecule has 0 fully saturated rings. The molecule has 0 radical (unpaired) electrons. The number of halogens is 1. The summed E-state index contributed by atoms with van der Waals surface area (Å²) in [5, 5.41) is 6.92. The first-order valence-electron chi connectivity index (χ1n) is 10.0. The highest BCUT2D eigenvalue weighted by Gasteiger charge is 2.16. The van der Waals surface area contributed by atoms with E-state index in [1.165, 1.54) is 12.1 Å². The number of nitrogens with one attached hydrogen (secondary N) is 1. The molecule has 1 N–H and O–H groups in total. The third-order valence-corrected chi connectivity index (χ3v) is 4.98. The second-order valence-electron chi connectivity index (χ2n) is 7.23. The van der Waals surface area contributed by atoms with Crippen LogP contribution in [-0.2, 0) is 11.2 Å². The van der Waals surface area contributed by atoms with Crippen LogP contribution in [0.1, 0.15) is 42.8 Å². The predicted molar refractivity (Wildman–Crippen MR) is 113 cm³/mol. The molecule has 3 aromatic rings. The molecule has 1 atom stereocenters. The summed E-state index contributed by atoms with van der Waals surface area (Å²) in [6.45, 7) is 3.90. The average molecular weight is 427 g/mol. The van der Waals surface area contributed by atoms with E-state index in [-0.39, 0.29) is 17.8 Å². The number of carbonyl (C=O) groups is 1. The van der Waals surface area contributed by atoms with E-state index in [1.807, 2.05) is 26.0 Å². The largest absolute Gasteiger partial charge is 0.493 e. The fourth-order valence-electron chi connectivity index (χ4n) is 3.33. The summed E-state index contributed by atoms with van der Waals surface area (Å²) in [5.41, 5.74) is 2.64. The quantitative estimate of drug-likeness (QED) is 0.545. The van der Waals surface area contributed by atoms with E-state index in [0.717, 1.165) is 11.1 Å². The summed E-state index contributed by atoms with van der Waals surface area (Å²) >= 11 is 0. The summed E-state index contributed by atoms with van der Waals surface area (Å²) in [4.78, 5) is 16.7.